The van der Waals surface area contributed by atoms with Crippen LogP contribution in [0.25, 0.3) is 0 Å². The molecule has 1 amide bonds. The van der Waals surface area contributed by atoms with Gasteiger partial charge in [-0.2, -0.15) is 0 Å². The van der Waals surface area contributed by atoms with Crippen LogP contribution in [0, 0.1) is 0 Å². The Morgan fingerprint density at radius 1 is 1.31 bits per heavy atom. The largest absolute Gasteiger partial charge is 0.394 e. The Balaban J connectivity index is 3.09. The van der Waals surface area contributed by atoms with Crippen LogP contribution >= 0.6 is 0 Å². The first kappa shape index (κ1) is 22.8. The van der Waals surface area contributed by atoms with Gasteiger partial charge in [0.15, 0.2) is 6.29 Å². The van der Waals surface area contributed by atoms with Crippen molar-refractivity contribution in [3.05, 3.63) is 0 Å². The van der Waals surface area contributed by atoms with E-state index in [1.807, 2.05) is 0 Å². The number of carbonyl (C=O) groups is 2. The molecule has 0 spiro atoms. The molecular weight excluding hydrogens is 356 g/mol. The maximum atomic E-state index is 11.4. The van der Waals surface area contributed by atoms with Crippen LogP contribution in [-0.2, 0) is 19.1 Å². The molecule has 26 heavy (non-hydrogen) atoms. The molecular formula is C14H26N2O10. The van der Waals surface area contributed by atoms with Gasteiger partial charge in [-0.3, -0.25) is 4.79 Å². The van der Waals surface area contributed by atoms with E-state index in [0.717, 1.165) is 6.92 Å². The van der Waals surface area contributed by atoms with Crippen LogP contribution in [0.3, 0.4) is 0 Å². The van der Waals surface area contributed by atoms with Crippen molar-refractivity contribution in [1.29, 1.82) is 0 Å². The topological polar surface area (TPSA) is 212 Å². The van der Waals surface area contributed by atoms with E-state index in [4.69, 9.17) is 20.3 Å². The summed E-state index contributed by atoms with van der Waals surface area (Å²) in [6.45, 7) is -0.431. The highest BCUT2D eigenvalue weighted by Gasteiger charge is 2.47. The van der Waals surface area contributed by atoms with Gasteiger partial charge in [0.25, 0.3) is 0 Å². The van der Waals surface area contributed by atoms with Gasteiger partial charge in [-0.1, -0.05) is 0 Å². The van der Waals surface area contributed by atoms with Crippen LogP contribution in [0.5, 0.6) is 0 Å². The third kappa shape index (κ3) is 5.39. The Bertz CT molecular complexity index is 467. The highest BCUT2D eigenvalue weighted by molar-refractivity contribution is 5.73. The fourth-order valence-electron chi connectivity index (χ4n) is 2.54. The summed E-state index contributed by atoms with van der Waals surface area (Å²) in [5.74, 6) is -0.606. The lowest BCUT2D eigenvalue weighted by atomic mass is 9.96. The van der Waals surface area contributed by atoms with E-state index in [-0.39, 0.29) is 6.29 Å². The highest BCUT2D eigenvalue weighted by Crippen LogP contribution is 2.25. The van der Waals surface area contributed by atoms with Crippen molar-refractivity contribution in [2.75, 3.05) is 13.2 Å². The number of aldehydes is 1. The first-order chi connectivity index (χ1) is 12.2. The zero-order chi connectivity index (χ0) is 20.0. The van der Waals surface area contributed by atoms with Gasteiger partial charge in [-0.05, 0) is 0 Å². The molecule has 0 bridgehead atoms. The Morgan fingerprint density at radius 3 is 2.38 bits per heavy atom. The van der Waals surface area contributed by atoms with E-state index in [0.29, 0.717) is 0 Å². The summed E-state index contributed by atoms with van der Waals surface area (Å²) < 4.78 is 10.7. The minimum absolute atomic E-state index is 0.202. The molecule has 0 radical (unpaired) electrons. The molecule has 12 nitrogen and oxygen atoms in total. The van der Waals surface area contributed by atoms with Crippen LogP contribution < -0.4 is 11.1 Å². The second-order valence-electron chi connectivity index (χ2n) is 5.99. The van der Waals surface area contributed by atoms with Crippen molar-refractivity contribution < 1.29 is 49.7 Å². The van der Waals surface area contributed by atoms with Gasteiger partial charge in [0.2, 0.25) is 5.91 Å². The Hall–Kier alpha value is -1.22. The third-order valence-electron chi connectivity index (χ3n) is 4.00. The summed E-state index contributed by atoms with van der Waals surface area (Å²) in [6, 6.07) is -2.80. The van der Waals surface area contributed by atoms with Crippen LogP contribution in [0.1, 0.15) is 6.92 Å². The molecule has 0 unspecified atom stereocenters. The number of aliphatic hydroxyl groups is 6. The third-order valence-corrected chi connectivity index (χ3v) is 4.00. The smallest absolute Gasteiger partial charge is 0.217 e. The Kier molecular flexibility index (Phi) is 8.95. The second-order valence-corrected chi connectivity index (χ2v) is 5.99. The summed E-state index contributed by atoms with van der Waals surface area (Å²) in [4.78, 5) is 22.1. The number of hydrogen-bond acceptors (Lipinski definition) is 11. The van der Waals surface area contributed by atoms with Crippen molar-refractivity contribution in [1.82, 2.24) is 5.32 Å². The second kappa shape index (κ2) is 10.2. The minimum atomic E-state index is -1.76. The number of ether oxygens (including phenoxy) is 2. The standard InChI is InChI=1S/C14H26N2O10/c1-5(20)16-9-12(24)11(23)8(4-19)25-14(9)26-13(7(21)3-18)10(22)6(15)2-17/h2,6-14,18-19,21-24H,3-4,15H2,1H3,(H,16,20)/t6-,7+,8+,9+,10+,11+,12+,13+,14-/m0/s1. The average Bonchev–Trinajstić information content (AvgIpc) is 2.62. The van der Waals surface area contributed by atoms with Gasteiger partial charge >= 0.3 is 0 Å². The molecule has 1 saturated heterocycles. The van der Waals surface area contributed by atoms with Crippen molar-refractivity contribution in [3.63, 3.8) is 0 Å². The number of rotatable bonds is 9. The van der Waals surface area contributed by atoms with Crippen molar-refractivity contribution in [2.24, 2.45) is 5.73 Å². The van der Waals surface area contributed by atoms with E-state index in [2.05, 4.69) is 5.32 Å². The maximum absolute atomic E-state index is 11.4. The lowest BCUT2D eigenvalue weighted by molar-refractivity contribution is -0.298. The minimum Gasteiger partial charge on any atom is -0.394 e. The molecule has 1 aliphatic heterocycles. The SMILES string of the molecule is CC(=O)N[C@H]1[C@H](O[C@@H]([C@H](O)[C@@H](N)C=O)[C@H](O)CO)O[C@H](CO)[C@@H](O)[C@@H]1O. The van der Waals surface area contributed by atoms with Gasteiger partial charge < -0.3 is 56.0 Å². The molecule has 1 aliphatic rings. The first-order valence-corrected chi connectivity index (χ1v) is 7.90. The molecule has 1 rings (SSSR count). The van der Waals surface area contributed by atoms with Gasteiger partial charge in [0, 0.05) is 6.92 Å². The monoisotopic (exact) mass is 382 g/mol. The number of amides is 1. The van der Waals surface area contributed by atoms with E-state index in [9.17, 15) is 35.1 Å². The quantitative estimate of drug-likeness (QED) is 0.176. The lowest BCUT2D eigenvalue weighted by Crippen LogP contribution is -2.66. The summed E-state index contributed by atoms with van der Waals surface area (Å²) in [5.41, 5.74) is 5.40. The molecule has 0 aromatic carbocycles. The van der Waals surface area contributed by atoms with Crippen molar-refractivity contribution >= 4 is 12.2 Å². The summed E-state index contributed by atoms with van der Waals surface area (Å²) in [7, 11) is 0. The van der Waals surface area contributed by atoms with Gasteiger partial charge in [0.05, 0.1) is 19.3 Å². The summed E-state index contributed by atoms with van der Waals surface area (Å²) in [6.07, 6.45) is -10.9. The zero-order valence-electron chi connectivity index (χ0n) is 14.1. The normalized spacial score (nSPS) is 33.8. The predicted molar refractivity (Wildman–Crippen MR) is 83.4 cm³/mol. The van der Waals surface area contributed by atoms with E-state index >= 15 is 0 Å². The molecule has 1 heterocycles. The van der Waals surface area contributed by atoms with Crippen molar-refractivity contribution in [3.8, 4) is 0 Å². The molecule has 0 aliphatic carbocycles. The van der Waals surface area contributed by atoms with Gasteiger partial charge in [-0.25, -0.2) is 0 Å². The Morgan fingerprint density at radius 2 is 1.92 bits per heavy atom. The fourth-order valence-corrected chi connectivity index (χ4v) is 2.54. The number of nitrogens with one attached hydrogen (secondary N) is 1. The molecule has 0 saturated carbocycles. The maximum Gasteiger partial charge on any atom is 0.217 e. The molecule has 12 heteroatoms. The van der Waals surface area contributed by atoms with Gasteiger partial charge in [-0.15, -0.1) is 0 Å². The first-order valence-electron chi connectivity index (χ1n) is 7.90. The summed E-state index contributed by atoms with van der Waals surface area (Å²) in [5, 5.41) is 60.7. The molecule has 9 atom stereocenters. The summed E-state index contributed by atoms with van der Waals surface area (Å²) >= 11 is 0. The predicted octanol–water partition coefficient (Wildman–Crippen LogP) is -5.44. The van der Waals surface area contributed by atoms with E-state index in [1.54, 1.807) is 0 Å². The van der Waals surface area contributed by atoms with Crippen molar-refractivity contribution in [2.45, 2.75) is 61.9 Å². The van der Waals surface area contributed by atoms with Crippen LogP contribution in [0.2, 0.25) is 0 Å². The fraction of sp³-hybridized carbons (Fsp3) is 0.857. The van der Waals surface area contributed by atoms with Gasteiger partial charge in [0.1, 0.15) is 49.0 Å². The Labute approximate surface area is 149 Å². The number of hydrogen-bond donors (Lipinski definition) is 8. The molecule has 1 fully saturated rings. The van der Waals surface area contributed by atoms with E-state index < -0.39 is 74.1 Å². The number of nitrogens with two attached hydrogens (primary N) is 1. The lowest BCUT2D eigenvalue weighted by Gasteiger charge is -2.44. The molecule has 0 aromatic rings. The van der Waals surface area contributed by atoms with Crippen LogP contribution in [0.15, 0.2) is 0 Å². The molecule has 9 N–H and O–H groups in total. The number of aliphatic hydroxyl groups excluding tert-OH is 6. The van der Waals surface area contributed by atoms with Crippen LogP contribution in [0.4, 0.5) is 0 Å². The molecule has 0 aromatic heterocycles. The molecule has 152 valence electrons. The number of carbonyl (C=O) groups excluding carboxylic acids is 2. The van der Waals surface area contributed by atoms with E-state index in [1.165, 1.54) is 0 Å². The van der Waals surface area contributed by atoms with Crippen LogP contribution in [-0.4, -0.2) is 111 Å². The average molecular weight is 382 g/mol. The zero-order valence-corrected chi connectivity index (χ0v) is 14.1. The highest BCUT2D eigenvalue weighted by atomic mass is 16.7.